The first kappa shape index (κ1) is 40.6. The number of aliphatic hydroxyl groups is 1. The van der Waals surface area contributed by atoms with Crippen LogP contribution in [0.15, 0.2) is 94.6 Å². The summed E-state index contributed by atoms with van der Waals surface area (Å²) in [5, 5.41) is 20.5. The average Bonchev–Trinajstić information content (AvgIpc) is 3.74. The molecule has 0 spiro atoms. The Morgan fingerprint density at radius 1 is 1.00 bits per heavy atom. The summed E-state index contributed by atoms with van der Waals surface area (Å²) in [6, 6.07) is 17.0. The minimum absolute atomic E-state index is 0.0183. The number of amides is 3. The Hall–Kier alpha value is -4.57. The number of sulfonamides is 1. The number of thiazole rings is 1. The number of benzene rings is 2. The molecule has 3 atom stereocenters. The number of pyridine rings is 1. The molecule has 0 unspecified atom stereocenters. The highest BCUT2D eigenvalue weighted by atomic mass is 32.2. The molecule has 2 N–H and O–H groups in total. The van der Waals surface area contributed by atoms with Gasteiger partial charge in [-0.3, -0.25) is 9.78 Å². The van der Waals surface area contributed by atoms with Crippen molar-refractivity contribution in [2.75, 3.05) is 26.2 Å². The van der Waals surface area contributed by atoms with E-state index in [-0.39, 0.29) is 42.9 Å². The first-order valence-corrected chi connectivity index (χ1v) is 20.3. The largest absolute Gasteiger partial charge is 0.390 e. The third kappa shape index (κ3) is 10.1. The van der Waals surface area contributed by atoms with E-state index in [0.717, 1.165) is 21.8 Å². The van der Waals surface area contributed by atoms with Gasteiger partial charge >= 0.3 is 6.03 Å². The molecule has 1 saturated heterocycles. The number of aromatic nitrogens is 2. The van der Waals surface area contributed by atoms with Crippen LogP contribution in [0.3, 0.4) is 0 Å². The maximum Gasteiger partial charge on any atom is 0.321 e. The minimum atomic E-state index is -4.08. The third-order valence-corrected chi connectivity index (χ3v) is 12.0. The molecule has 288 valence electrons. The zero-order valence-corrected chi connectivity index (χ0v) is 33.0. The summed E-state index contributed by atoms with van der Waals surface area (Å²) in [6.45, 7) is 10.2. The lowest BCUT2D eigenvalue weighted by Crippen LogP contribution is -2.59. The van der Waals surface area contributed by atoms with Crippen LogP contribution < -0.4 is 5.32 Å². The Kier molecular flexibility index (Phi) is 13.3. The Balaban J connectivity index is 1.36. The Labute approximate surface area is 321 Å². The fourth-order valence-corrected chi connectivity index (χ4v) is 9.05. The van der Waals surface area contributed by atoms with Crippen LogP contribution >= 0.6 is 11.3 Å². The maximum atomic E-state index is 14.4. The van der Waals surface area contributed by atoms with Crippen molar-refractivity contribution in [1.29, 1.82) is 0 Å². The van der Waals surface area contributed by atoms with Crippen LogP contribution in [0.4, 0.5) is 4.79 Å². The van der Waals surface area contributed by atoms with Crippen molar-refractivity contribution in [3.05, 3.63) is 106 Å². The molecular formula is C39H49N7O6S2. The van der Waals surface area contributed by atoms with Gasteiger partial charge in [-0.05, 0) is 53.1 Å². The third-order valence-electron chi connectivity index (χ3n) is 9.20. The van der Waals surface area contributed by atoms with Gasteiger partial charge in [0.1, 0.15) is 17.6 Å². The van der Waals surface area contributed by atoms with Gasteiger partial charge in [0.05, 0.1) is 29.3 Å². The van der Waals surface area contributed by atoms with E-state index in [1.807, 2.05) is 82.5 Å². The smallest absolute Gasteiger partial charge is 0.321 e. The lowest BCUT2D eigenvalue weighted by atomic mass is 9.84. The van der Waals surface area contributed by atoms with Gasteiger partial charge in [-0.15, -0.1) is 11.3 Å². The standard InChI is InChI=1S/C39H49N7O6S2/c1-27(2)23-45(54(51,52)32-13-11-29(12-14-32)22-41-50)25-34(47)33(21-28-9-7-6-8-10-28)43-36(48)35(39(3,4)5)46-20-19-44(38(46)49)24-31-26-53-37(42-31)30-15-17-40-18-16-30/h6-18,26-27,33-35,47H,19-25H2,1-5H3,(H,43,48)/t33-,34+,35+/m0/s1. The van der Waals surface area contributed by atoms with E-state index in [1.54, 1.807) is 34.3 Å². The lowest BCUT2D eigenvalue weighted by Gasteiger charge is -2.38. The van der Waals surface area contributed by atoms with E-state index in [4.69, 9.17) is 4.98 Å². The molecule has 0 bridgehead atoms. The first-order valence-electron chi connectivity index (χ1n) is 18.0. The van der Waals surface area contributed by atoms with Gasteiger partial charge in [-0.1, -0.05) is 82.3 Å². The van der Waals surface area contributed by atoms with E-state index < -0.39 is 39.5 Å². The second-order valence-electron chi connectivity index (χ2n) is 15.1. The maximum absolute atomic E-state index is 14.4. The van der Waals surface area contributed by atoms with Gasteiger partial charge in [0, 0.05) is 49.5 Å². The number of rotatable bonds is 17. The van der Waals surface area contributed by atoms with E-state index in [9.17, 15) is 28.0 Å². The number of carbonyl (C=O) groups excluding carboxylic acids is 2. The molecule has 13 nitrogen and oxygen atoms in total. The van der Waals surface area contributed by atoms with E-state index >= 15 is 0 Å². The second-order valence-corrected chi connectivity index (χ2v) is 17.9. The summed E-state index contributed by atoms with van der Waals surface area (Å²) in [4.78, 5) is 51.2. The molecule has 0 aliphatic carbocycles. The number of urea groups is 1. The molecule has 54 heavy (non-hydrogen) atoms. The summed E-state index contributed by atoms with van der Waals surface area (Å²) >= 11 is 1.49. The van der Waals surface area contributed by atoms with Crippen LogP contribution in [-0.2, 0) is 34.3 Å². The van der Waals surface area contributed by atoms with Crippen molar-refractivity contribution in [2.45, 2.75) is 77.2 Å². The molecule has 4 aromatic rings. The van der Waals surface area contributed by atoms with Crippen LogP contribution in [0.1, 0.15) is 51.4 Å². The highest BCUT2D eigenvalue weighted by Crippen LogP contribution is 2.30. The van der Waals surface area contributed by atoms with Crippen molar-refractivity contribution in [3.8, 4) is 10.6 Å². The van der Waals surface area contributed by atoms with Crippen molar-refractivity contribution in [2.24, 2.45) is 16.5 Å². The van der Waals surface area contributed by atoms with Crippen molar-refractivity contribution < 1.29 is 23.1 Å². The number of nitrogens with one attached hydrogen (secondary N) is 1. The summed E-state index contributed by atoms with van der Waals surface area (Å²) in [6.07, 6.45) is 2.32. The number of nitroso groups, excluding NO2 is 1. The first-order chi connectivity index (χ1) is 25.7. The van der Waals surface area contributed by atoms with Gasteiger partial charge in [0.25, 0.3) is 0 Å². The van der Waals surface area contributed by atoms with Gasteiger partial charge in [-0.25, -0.2) is 18.2 Å². The molecule has 3 amide bonds. The molecule has 5 rings (SSSR count). The fourth-order valence-electron chi connectivity index (χ4n) is 6.61. The number of carbonyl (C=O) groups is 2. The molecule has 3 heterocycles. The predicted molar refractivity (Wildman–Crippen MR) is 209 cm³/mol. The van der Waals surface area contributed by atoms with Crippen molar-refractivity contribution in [1.82, 2.24) is 29.4 Å². The Morgan fingerprint density at radius 3 is 2.31 bits per heavy atom. The van der Waals surface area contributed by atoms with Crippen LogP contribution in [0, 0.1) is 16.2 Å². The summed E-state index contributed by atoms with van der Waals surface area (Å²) < 4.78 is 29.1. The summed E-state index contributed by atoms with van der Waals surface area (Å²) in [5.41, 5.74) is 2.42. The zero-order chi connectivity index (χ0) is 39.0. The second kappa shape index (κ2) is 17.7. The van der Waals surface area contributed by atoms with E-state index in [2.05, 4.69) is 15.5 Å². The van der Waals surface area contributed by atoms with Crippen LogP contribution in [-0.4, -0.2) is 93.9 Å². The van der Waals surface area contributed by atoms with Gasteiger partial charge in [-0.2, -0.15) is 9.21 Å². The molecule has 15 heteroatoms. The molecule has 1 fully saturated rings. The fraction of sp³-hybridized carbons (Fsp3) is 0.436. The van der Waals surface area contributed by atoms with Crippen molar-refractivity contribution >= 4 is 33.3 Å². The van der Waals surface area contributed by atoms with E-state index in [0.29, 0.717) is 25.2 Å². The zero-order valence-electron chi connectivity index (χ0n) is 31.3. The monoisotopic (exact) mass is 775 g/mol. The van der Waals surface area contributed by atoms with Gasteiger partial charge < -0.3 is 20.2 Å². The predicted octanol–water partition coefficient (Wildman–Crippen LogP) is 5.56. The Bertz CT molecular complexity index is 1970. The topological polar surface area (TPSA) is 165 Å². The van der Waals surface area contributed by atoms with Crippen LogP contribution in [0.2, 0.25) is 0 Å². The molecule has 1 aliphatic heterocycles. The Morgan fingerprint density at radius 2 is 1.69 bits per heavy atom. The molecule has 0 radical (unpaired) electrons. The minimum Gasteiger partial charge on any atom is -0.390 e. The number of hydrogen-bond acceptors (Lipinski definition) is 10. The van der Waals surface area contributed by atoms with Crippen LogP contribution in [0.5, 0.6) is 0 Å². The molecule has 2 aromatic heterocycles. The normalized spacial score (nSPS) is 15.4. The quantitative estimate of drug-likeness (QED) is 0.132. The highest BCUT2D eigenvalue weighted by Gasteiger charge is 2.44. The van der Waals surface area contributed by atoms with Gasteiger partial charge in [0.15, 0.2) is 0 Å². The molecule has 0 saturated carbocycles. The molecular weight excluding hydrogens is 727 g/mol. The van der Waals surface area contributed by atoms with Gasteiger partial charge in [0.2, 0.25) is 15.9 Å². The highest BCUT2D eigenvalue weighted by molar-refractivity contribution is 7.89. The molecule has 2 aromatic carbocycles. The molecule has 1 aliphatic rings. The number of nitrogens with zero attached hydrogens (tertiary/aromatic N) is 6. The summed E-state index contributed by atoms with van der Waals surface area (Å²) in [5.74, 6) is -0.516. The number of hydrogen-bond donors (Lipinski definition) is 2. The average molecular weight is 776 g/mol. The van der Waals surface area contributed by atoms with Crippen molar-refractivity contribution in [3.63, 3.8) is 0 Å². The van der Waals surface area contributed by atoms with E-state index in [1.165, 1.54) is 27.8 Å². The summed E-state index contributed by atoms with van der Waals surface area (Å²) in [7, 11) is -4.08. The number of aliphatic hydroxyl groups excluding tert-OH is 1. The SMILES string of the molecule is CC(C)CN(C[C@@H](O)[C@H](Cc1ccccc1)NC(=O)[C@@H](N1CCN(Cc2csc(-c3ccncc3)n2)C1=O)C(C)(C)C)S(=O)(=O)c1ccc(CN=O)cc1. The lowest BCUT2D eigenvalue weighted by molar-refractivity contribution is -0.130. The van der Waals surface area contributed by atoms with Crippen LogP contribution in [0.25, 0.3) is 10.6 Å².